The van der Waals surface area contributed by atoms with Gasteiger partial charge < -0.3 is 5.32 Å². The number of nitrogens with one attached hydrogen (secondary N) is 1. The molecule has 2 unspecified atom stereocenters. The van der Waals surface area contributed by atoms with Gasteiger partial charge in [0.1, 0.15) is 0 Å². The second kappa shape index (κ2) is 9.79. The number of rotatable bonds is 11. The van der Waals surface area contributed by atoms with Crippen LogP contribution in [0.1, 0.15) is 65.7 Å². The lowest BCUT2D eigenvalue weighted by Gasteiger charge is -2.24. The highest BCUT2D eigenvalue weighted by molar-refractivity contribution is 7.91. The van der Waals surface area contributed by atoms with Gasteiger partial charge in [0.15, 0.2) is 9.84 Å². The predicted molar refractivity (Wildman–Crippen MR) is 79.8 cm³/mol. The molecule has 110 valence electrons. The predicted octanol–water partition coefficient (Wildman–Crippen LogP) is 3.15. The maximum Gasteiger partial charge on any atom is 0.151 e. The van der Waals surface area contributed by atoms with Crippen LogP contribution in [0.2, 0.25) is 0 Å². The van der Waals surface area contributed by atoms with Gasteiger partial charge in [-0.05, 0) is 26.3 Å². The van der Waals surface area contributed by atoms with Gasteiger partial charge in [0.05, 0.1) is 5.25 Å². The van der Waals surface area contributed by atoms with Crippen LogP contribution in [0.4, 0.5) is 0 Å². The summed E-state index contributed by atoms with van der Waals surface area (Å²) in [6, 6.07) is 0.113. The highest BCUT2D eigenvalue weighted by atomic mass is 32.2. The molecular weight excluding hydrogens is 246 g/mol. The van der Waals surface area contributed by atoms with E-state index in [2.05, 4.69) is 19.2 Å². The molecule has 3 nitrogen and oxygen atoms in total. The van der Waals surface area contributed by atoms with Crippen molar-refractivity contribution in [1.29, 1.82) is 0 Å². The van der Waals surface area contributed by atoms with E-state index in [4.69, 9.17) is 0 Å². The molecule has 0 spiro atoms. The molecule has 0 radical (unpaired) electrons. The van der Waals surface area contributed by atoms with Crippen molar-refractivity contribution in [2.75, 3.05) is 12.8 Å². The fourth-order valence-electron chi connectivity index (χ4n) is 2.10. The summed E-state index contributed by atoms with van der Waals surface area (Å²) in [5, 5.41) is 3.11. The first-order chi connectivity index (χ1) is 8.43. The van der Waals surface area contributed by atoms with Crippen molar-refractivity contribution in [3.63, 3.8) is 0 Å². The Labute approximate surface area is 114 Å². The van der Waals surface area contributed by atoms with Crippen molar-refractivity contribution < 1.29 is 8.42 Å². The maximum atomic E-state index is 11.6. The smallest absolute Gasteiger partial charge is 0.151 e. The lowest BCUT2D eigenvalue weighted by Crippen LogP contribution is -2.42. The van der Waals surface area contributed by atoms with Gasteiger partial charge in [0.25, 0.3) is 0 Å². The SMILES string of the molecule is CCCCCCCC(NCCC)C(C)S(C)(=O)=O. The van der Waals surface area contributed by atoms with Crippen LogP contribution in [0, 0.1) is 0 Å². The molecule has 0 aliphatic heterocycles. The van der Waals surface area contributed by atoms with Crippen molar-refractivity contribution >= 4 is 9.84 Å². The van der Waals surface area contributed by atoms with E-state index in [1.165, 1.54) is 31.9 Å². The molecule has 0 aromatic rings. The molecular formula is C14H31NO2S. The minimum Gasteiger partial charge on any atom is -0.313 e. The molecule has 0 aromatic heterocycles. The standard InChI is InChI=1S/C14H31NO2S/c1-5-7-8-9-10-11-14(15-12-6-2)13(3)18(4,16)17/h13-15H,5-12H2,1-4H3. The zero-order valence-corrected chi connectivity index (χ0v) is 13.4. The van der Waals surface area contributed by atoms with Gasteiger partial charge in [-0.1, -0.05) is 46.0 Å². The number of unbranched alkanes of at least 4 members (excludes halogenated alkanes) is 4. The Bertz CT molecular complexity index is 288. The molecule has 0 aliphatic rings. The van der Waals surface area contributed by atoms with Crippen molar-refractivity contribution in [3.05, 3.63) is 0 Å². The van der Waals surface area contributed by atoms with Crippen molar-refractivity contribution in [2.24, 2.45) is 0 Å². The molecule has 0 saturated carbocycles. The lowest BCUT2D eigenvalue weighted by molar-refractivity contribution is 0.438. The van der Waals surface area contributed by atoms with E-state index < -0.39 is 9.84 Å². The third kappa shape index (κ3) is 8.09. The van der Waals surface area contributed by atoms with Gasteiger partial charge in [-0.2, -0.15) is 0 Å². The van der Waals surface area contributed by atoms with Gasteiger partial charge in [-0.3, -0.25) is 0 Å². The molecule has 0 fully saturated rings. The van der Waals surface area contributed by atoms with Crippen molar-refractivity contribution in [2.45, 2.75) is 77.0 Å². The maximum absolute atomic E-state index is 11.6. The van der Waals surface area contributed by atoms with Crippen LogP contribution in [0.15, 0.2) is 0 Å². The molecule has 2 atom stereocenters. The molecule has 0 amide bonds. The van der Waals surface area contributed by atoms with Crippen molar-refractivity contribution in [1.82, 2.24) is 5.32 Å². The second-order valence-corrected chi connectivity index (χ2v) is 7.70. The van der Waals surface area contributed by atoms with E-state index in [1.54, 1.807) is 0 Å². The van der Waals surface area contributed by atoms with Crippen LogP contribution < -0.4 is 5.32 Å². The van der Waals surface area contributed by atoms with Crippen LogP contribution in [-0.2, 0) is 9.84 Å². The highest BCUT2D eigenvalue weighted by Crippen LogP contribution is 2.13. The Morgan fingerprint density at radius 2 is 1.61 bits per heavy atom. The van der Waals surface area contributed by atoms with E-state index >= 15 is 0 Å². The summed E-state index contributed by atoms with van der Waals surface area (Å²) in [5.41, 5.74) is 0. The van der Waals surface area contributed by atoms with Crippen LogP contribution >= 0.6 is 0 Å². The van der Waals surface area contributed by atoms with Crippen LogP contribution in [0.25, 0.3) is 0 Å². The Kier molecular flexibility index (Phi) is 9.74. The largest absolute Gasteiger partial charge is 0.313 e. The zero-order valence-electron chi connectivity index (χ0n) is 12.5. The number of sulfone groups is 1. The average Bonchev–Trinajstić information content (AvgIpc) is 2.30. The molecule has 0 rings (SSSR count). The fraction of sp³-hybridized carbons (Fsp3) is 1.00. The zero-order chi connectivity index (χ0) is 14.0. The third-order valence-corrected chi connectivity index (χ3v) is 5.20. The Morgan fingerprint density at radius 1 is 1.00 bits per heavy atom. The Balaban J connectivity index is 4.15. The van der Waals surface area contributed by atoms with Gasteiger partial charge in [-0.25, -0.2) is 8.42 Å². The Hall–Kier alpha value is -0.0900. The van der Waals surface area contributed by atoms with Crippen LogP contribution in [0.5, 0.6) is 0 Å². The van der Waals surface area contributed by atoms with Crippen molar-refractivity contribution in [3.8, 4) is 0 Å². The highest BCUT2D eigenvalue weighted by Gasteiger charge is 2.24. The van der Waals surface area contributed by atoms with E-state index in [-0.39, 0.29) is 11.3 Å². The molecule has 18 heavy (non-hydrogen) atoms. The van der Waals surface area contributed by atoms with Crippen LogP contribution in [0.3, 0.4) is 0 Å². The van der Waals surface area contributed by atoms with E-state index in [9.17, 15) is 8.42 Å². The third-order valence-electron chi connectivity index (χ3n) is 3.52. The average molecular weight is 277 g/mol. The summed E-state index contributed by atoms with van der Waals surface area (Å²) < 4.78 is 23.3. The van der Waals surface area contributed by atoms with E-state index in [0.717, 1.165) is 25.8 Å². The summed E-state index contributed by atoms with van der Waals surface area (Å²) in [6.07, 6.45) is 9.50. The summed E-state index contributed by atoms with van der Waals surface area (Å²) >= 11 is 0. The normalized spacial score (nSPS) is 15.6. The first kappa shape index (κ1) is 17.9. The topological polar surface area (TPSA) is 46.2 Å². The summed E-state index contributed by atoms with van der Waals surface area (Å²) in [7, 11) is -2.94. The first-order valence-electron chi connectivity index (χ1n) is 7.35. The summed E-state index contributed by atoms with van der Waals surface area (Å²) in [5.74, 6) is 0. The minimum absolute atomic E-state index is 0.113. The first-order valence-corrected chi connectivity index (χ1v) is 9.31. The number of hydrogen-bond donors (Lipinski definition) is 1. The van der Waals surface area contributed by atoms with Gasteiger partial charge >= 0.3 is 0 Å². The Morgan fingerprint density at radius 3 is 2.11 bits per heavy atom. The molecule has 1 N–H and O–H groups in total. The molecule has 0 aromatic carbocycles. The van der Waals surface area contributed by atoms with E-state index in [0.29, 0.717) is 0 Å². The second-order valence-electron chi connectivity index (χ2n) is 5.30. The van der Waals surface area contributed by atoms with Gasteiger partial charge in [0.2, 0.25) is 0 Å². The fourth-order valence-corrected chi connectivity index (χ4v) is 2.93. The monoisotopic (exact) mass is 277 g/mol. The molecule has 0 saturated heterocycles. The van der Waals surface area contributed by atoms with Gasteiger partial charge in [0, 0.05) is 12.3 Å². The molecule has 0 bridgehead atoms. The summed E-state index contributed by atoms with van der Waals surface area (Å²) in [6.45, 7) is 7.04. The van der Waals surface area contributed by atoms with E-state index in [1.807, 2.05) is 6.92 Å². The lowest BCUT2D eigenvalue weighted by atomic mass is 10.0. The molecule has 0 heterocycles. The quantitative estimate of drug-likeness (QED) is 0.590. The van der Waals surface area contributed by atoms with Gasteiger partial charge in [-0.15, -0.1) is 0 Å². The minimum atomic E-state index is -2.94. The number of hydrogen-bond acceptors (Lipinski definition) is 3. The molecule has 4 heteroatoms. The van der Waals surface area contributed by atoms with Crippen LogP contribution in [-0.4, -0.2) is 32.5 Å². The molecule has 0 aliphatic carbocycles. The summed E-state index contributed by atoms with van der Waals surface area (Å²) in [4.78, 5) is 0.